The molecule has 0 heterocycles. The first-order valence-electron chi connectivity index (χ1n) is 11.0. The Kier molecular flexibility index (Phi) is 14.3. The molecule has 0 aromatic heterocycles. The van der Waals surface area contributed by atoms with Crippen LogP contribution in [0.4, 0.5) is 0 Å². The maximum atomic E-state index is 6.63. The van der Waals surface area contributed by atoms with E-state index in [1.165, 1.54) is 0 Å². The largest absolute Gasteiger partial charge is 0.499 e. The fourth-order valence-electron chi connectivity index (χ4n) is 3.69. The van der Waals surface area contributed by atoms with Crippen LogP contribution in [-0.2, 0) is 38.9 Å². The van der Waals surface area contributed by atoms with Crippen LogP contribution in [0.3, 0.4) is 0 Å². The molecule has 0 spiro atoms. The number of rotatable bonds is 18. The molecule has 32 heavy (non-hydrogen) atoms. The molecule has 0 aromatic rings. The highest BCUT2D eigenvalue weighted by Gasteiger charge is 2.44. The maximum absolute atomic E-state index is 6.63. The van der Waals surface area contributed by atoms with Gasteiger partial charge in [0.1, 0.15) is 0 Å². The fraction of sp³-hybridized carbons (Fsp3) is 1.00. The van der Waals surface area contributed by atoms with Gasteiger partial charge in [-0.25, -0.2) is 0 Å². The lowest BCUT2D eigenvalue weighted by Crippen LogP contribution is -2.52. The second kappa shape index (κ2) is 13.9. The minimum atomic E-state index is -2.61. The molecule has 9 nitrogen and oxygen atoms in total. The zero-order chi connectivity index (χ0) is 25.3. The zero-order valence-corrected chi connectivity index (χ0v) is 28.7. The van der Waals surface area contributed by atoms with E-state index in [0.29, 0.717) is 0 Å². The first-order chi connectivity index (χ1) is 14.6. The Hall–Kier alpha value is 0.941. The zero-order valence-electron chi connectivity index (χ0n) is 22.6. The van der Waals surface area contributed by atoms with Crippen LogP contribution in [0.5, 0.6) is 0 Å². The standard InChI is InChI=1S/C17H48O9Si6/c1-18-31(19-2,20-3)16-14-28(8,9)24-27(7)25-30(12,13)26-29(10,11)15-17-32(21-4,22-5)23-6/h27H,14-17H2,1-13H3. The molecule has 0 aliphatic rings. The fourth-order valence-corrected chi connectivity index (χ4v) is 27.4. The molecular weight excluding hydrogens is 517 g/mol. The summed E-state index contributed by atoms with van der Waals surface area (Å²) in [5, 5.41) is 0. The van der Waals surface area contributed by atoms with E-state index in [1.54, 1.807) is 42.7 Å². The molecule has 15 heteroatoms. The Bertz CT molecular complexity index is 514. The third-order valence-electron chi connectivity index (χ3n) is 5.39. The maximum Gasteiger partial charge on any atom is 0.499 e. The average Bonchev–Trinajstić information content (AvgIpc) is 2.69. The molecule has 0 amide bonds. The quantitative estimate of drug-likeness (QED) is 0.231. The van der Waals surface area contributed by atoms with Crippen LogP contribution in [-0.4, -0.2) is 94.7 Å². The summed E-state index contributed by atoms with van der Waals surface area (Å²) >= 11 is 0. The lowest BCUT2D eigenvalue weighted by atomic mass is 10.9. The summed E-state index contributed by atoms with van der Waals surface area (Å²) in [6, 6.07) is 3.23. The molecule has 0 aliphatic carbocycles. The van der Waals surface area contributed by atoms with Gasteiger partial charge >= 0.3 is 26.2 Å². The Labute approximate surface area is 203 Å². The summed E-state index contributed by atoms with van der Waals surface area (Å²) in [6.45, 7) is 15.1. The molecule has 0 fully saturated rings. The molecule has 0 bridgehead atoms. The van der Waals surface area contributed by atoms with Gasteiger partial charge in [-0.1, -0.05) is 0 Å². The molecule has 0 saturated heterocycles. The van der Waals surface area contributed by atoms with Crippen molar-refractivity contribution in [2.24, 2.45) is 0 Å². The lowest BCUT2D eigenvalue weighted by Gasteiger charge is -2.38. The summed E-state index contributed by atoms with van der Waals surface area (Å²) in [7, 11) is -3.57. The summed E-state index contributed by atoms with van der Waals surface area (Å²) < 4.78 is 53.0. The van der Waals surface area contributed by atoms with Crippen LogP contribution in [0.25, 0.3) is 0 Å². The van der Waals surface area contributed by atoms with E-state index in [1.807, 2.05) is 0 Å². The van der Waals surface area contributed by atoms with E-state index in [-0.39, 0.29) is 0 Å². The van der Waals surface area contributed by atoms with E-state index < -0.39 is 52.1 Å². The molecule has 0 saturated carbocycles. The highest BCUT2D eigenvalue weighted by molar-refractivity contribution is 6.86. The van der Waals surface area contributed by atoms with Crippen LogP contribution in [0, 0.1) is 0 Å². The van der Waals surface area contributed by atoms with Gasteiger partial charge in [-0.3, -0.25) is 0 Å². The lowest BCUT2D eigenvalue weighted by molar-refractivity contribution is 0.124. The average molecular weight is 565 g/mol. The summed E-state index contributed by atoms with van der Waals surface area (Å²) in [4.78, 5) is 0. The van der Waals surface area contributed by atoms with Crippen LogP contribution < -0.4 is 0 Å². The van der Waals surface area contributed by atoms with Crippen LogP contribution in [0.1, 0.15) is 0 Å². The van der Waals surface area contributed by atoms with Gasteiger partial charge in [0.15, 0.2) is 16.6 Å². The summed E-state index contributed by atoms with van der Waals surface area (Å²) in [5.41, 5.74) is 0. The van der Waals surface area contributed by atoms with Gasteiger partial charge in [-0.15, -0.1) is 0 Å². The van der Waals surface area contributed by atoms with Gasteiger partial charge in [-0.05, 0) is 57.9 Å². The molecule has 0 N–H and O–H groups in total. The Morgan fingerprint density at radius 2 is 0.844 bits per heavy atom. The van der Waals surface area contributed by atoms with E-state index in [9.17, 15) is 0 Å². The Morgan fingerprint density at radius 3 is 1.19 bits per heavy atom. The SMILES string of the molecule is CO[Si](CC[Si](C)(C)O[SiH](C)O[Si](C)(C)O[Si](C)(C)CC[Si](OC)(OC)OC)(OC)OC. The molecule has 1 unspecified atom stereocenters. The first kappa shape index (κ1) is 32.9. The first-order valence-corrected chi connectivity index (χ1v) is 26.0. The minimum Gasteiger partial charge on any atom is -0.439 e. The van der Waals surface area contributed by atoms with Crippen LogP contribution in [0.2, 0.25) is 70.0 Å². The van der Waals surface area contributed by atoms with Crippen molar-refractivity contribution >= 4 is 52.1 Å². The van der Waals surface area contributed by atoms with Crippen LogP contribution >= 0.6 is 0 Å². The number of hydrogen-bond acceptors (Lipinski definition) is 9. The van der Waals surface area contributed by atoms with Gasteiger partial charge in [0.05, 0.1) is 0 Å². The highest BCUT2D eigenvalue weighted by Crippen LogP contribution is 2.28. The normalized spacial score (nSPS) is 15.3. The molecule has 0 aromatic carbocycles. The van der Waals surface area contributed by atoms with E-state index in [4.69, 9.17) is 38.9 Å². The van der Waals surface area contributed by atoms with Crippen LogP contribution in [0.15, 0.2) is 0 Å². The number of hydrogen-bond donors (Lipinski definition) is 0. The second-order valence-electron chi connectivity index (χ2n) is 9.42. The van der Waals surface area contributed by atoms with E-state index >= 15 is 0 Å². The van der Waals surface area contributed by atoms with Gasteiger partial charge in [-0.2, -0.15) is 0 Å². The molecule has 0 aliphatic heterocycles. The third-order valence-corrected chi connectivity index (χ3v) is 26.4. The van der Waals surface area contributed by atoms with Crippen molar-refractivity contribution in [2.45, 2.75) is 70.0 Å². The molecule has 194 valence electrons. The van der Waals surface area contributed by atoms with Crippen molar-refractivity contribution in [3.8, 4) is 0 Å². The predicted molar refractivity (Wildman–Crippen MR) is 142 cm³/mol. The monoisotopic (exact) mass is 564 g/mol. The van der Waals surface area contributed by atoms with Crippen molar-refractivity contribution in [1.82, 2.24) is 0 Å². The highest BCUT2D eigenvalue weighted by atomic mass is 28.5. The molecule has 0 radical (unpaired) electrons. The van der Waals surface area contributed by atoms with Crippen molar-refractivity contribution < 1.29 is 38.9 Å². The Balaban J connectivity index is 4.90. The van der Waals surface area contributed by atoms with Crippen molar-refractivity contribution in [3.05, 3.63) is 0 Å². The van der Waals surface area contributed by atoms with Crippen molar-refractivity contribution in [1.29, 1.82) is 0 Å². The molecular formula is C17H48O9Si6. The summed E-state index contributed by atoms with van der Waals surface area (Å²) in [5.74, 6) is 0. The van der Waals surface area contributed by atoms with E-state index in [0.717, 1.165) is 24.2 Å². The second-order valence-corrected chi connectivity index (χ2v) is 30.3. The minimum absolute atomic E-state index is 0.730. The third kappa shape index (κ3) is 11.6. The van der Waals surface area contributed by atoms with E-state index in [2.05, 4.69) is 45.8 Å². The Morgan fingerprint density at radius 1 is 0.500 bits per heavy atom. The predicted octanol–water partition coefficient (Wildman–Crippen LogP) is 3.75. The topological polar surface area (TPSA) is 83.1 Å². The molecule has 1 atom stereocenters. The van der Waals surface area contributed by atoms with Gasteiger partial charge in [0.2, 0.25) is 0 Å². The van der Waals surface area contributed by atoms with Crippen molar-refractivity contribution in [3.63, 3.8) is 0 Å². The van der Waals surface area contributed by atoms with Crippen molar-refractivity contribution in [2.75, 3.05) is 42.7 Å². The van der Waals surface area contributed by atoms with Gasteiger partial charge in [0, 0.05) is 54.7 Å². The smallest absolute Gasteiger partial charge is 0.439 e. The molecule has 0 rings (SSSR count). The van der Waals surface area contributed by atoms with Gasteiger partial charge < -0.3 is 38.9 Å². The summed E-state index contributed by atoms with van der Waals surface area (Å²) in [6.07, 6.45) is 0. The van der Waals surface area contributed by atoms with Gasteiger partial charge in [0.25, 0.3) is 9.28 Å².